The van der Waals surface area contributed by atoms with E-state index in [1.165, 1.54) is 5.57 Å². The topological polar surface area (TPSA) is 29.1 Å². The van der Waals surface area contributed by atoms with Crippen LogP contribution in [-0.4, -0.2) is 18.4 Å². The maximum Gasteiger partial charge on any atom is 0.262 e. The molecule has 0 aliphatic heterocycles. The third-order valence-electron chi connectivity index (χ3n) is 4.82. The van der Waals surface area contributed by atoms with E-state index in [0.717, 1.165) is 49.3 Å². The molecular weight excluding hydrogens is 284 g/mol. The average Bonchev–Trinajstić information content (AvgIpc) is 2.76. The first-order valence-corrected chi connectivity index (χ1v) is 7.81. The van der Waals surface area contributed by atoms with Gasteiger partial charge in [0.25, 0.3) is 5.92 Å². The van der Waals surface area contributed by atoms with Crippen molar-refractivity contribution in [2.75, 3.05) is 6.54 Å². The normalized spacial score (nSPS) is 27.1. The smallest absolute Gasteiger partial charge is 0.262 e. The molecule has 22 heavy (non-hydrogen) atoms. The van der Waals surface area contributed by atoms with Crippen LogP contribution in [-0.2, 0) is 4.79 Å². The third-order valence-corrected chi connectivity index (χ3v) is 4.82. The molecule has 0 fully saturated rings. The summed E-state index contributed by atoms with van der Waals surface area (Å²) in [6.07, 6.45) is 11.9. The summed E-state index contributed by atoms with van der Waals surface area (Å²) in [5.74, 6) is -3.21. The average molecular weight is 305 g/mol. The van der Waals surface area contributed by atoms with Crippen LogP contribution < -0.4 is 5.32 Å². The minimum atomic E-state index is -2.89. The van der Waals surface area contributed by atoms with E-state index in [0.29, 0.717) is 0 Å². The van der Waals surface area contributed by atoms with Crippen LogP contribution in [0.15, 0.2) is 46.6 Å². The number of amides is 1. The van der Waals surface area contributed by atoms with Crippen molar-refractivity contribution in [3.8, 4) is 0 Å². The van der Waals surface area contributed by atoms with Gasteiger partial charge in [-0.1, -0.05) is 24.3 Å². The van der Waals surface area contributed by atoms with E-state index >= 15 is 0 Å². The summed E-state index contributed by atoms with van der Waals surface area (Å²) in [5.41, 5.74) is 3.65. The number of carbonyl (C=O) groups excluding carboxylic acids is 1. The van der Waals surface area contributed by atoms with Gasteiger partial charge in [-0.15, -0.1) is 0 Å². The highest BCUT2D eigenvalue weighted by Crippen LogP contribution is 2.53. The predicted octanol–water partition coefficient (Wildman–Crippen LogP) is 4.07. The summed E-state index contributed by atoms with van der Waals surface area (Å²) < 4.78 is 26.2. The quantitative estimate of drug-likeness (QED) is 0.836. The SMILES string of the molecule is CC(F)(F)CNC(=O)C1(C)C2=C(CCC=C2)C2=C1CCC=C2. The van der Waals surface area contributed by atoms with Crippen molar-refractivity contribution in [1.82, 2.24) is 5.32 Å². The zero-order valence-corrected chi connectivity index (χ0v) is 13.0. The van der Waals surface area contributed by atoms with E-state index < -0.39 is 17.9 Å². The lowest BCUT2D eigenvalue weighted by Crippen LogP contribution is -2.44. The van der Waals surface area contributed by atoms with Gasteiger partial charge in [0.15, 0.2) is 0 Å². The van der Waals surface area contributed by atoms with E-state index in [-0.39, 0.29) is 5.91 Å². The van der Waals surface area contributed by atoms with Crippen LogP contribution >= 0.6 is 0 Å². The lowest BCUT2D eigenvalue weighted by Gasteiger charge is -2.31. The van der Waals surface area contributed by atoms with Crippen LogP contribution in [0.1, 0.15) is 39.5 Å². The molecule has 0 bridgehead atoms. The molecule has 0 aromatic carbocycles. The van der Waals surface area contributed by atoms with E-state index in [2.05, 4.69) is 23.5 Å². The first-order chi connectivity index (χ1) is 10.3. The summed E-state index contributed by atoms with van der Waals surface area (Å²) in [4.78, 5) is 12.8. The molecule has 0 saturated heterocycles. The molecule has 0 aromatic heterocycles. The van der Waals surface area contributed by atoms with E-state index in [9.17, 15) is 13.6 Å². The number of fused-ring (bicyclic) bond motifs is 1. The van der Waals surface area contributed by atoms with E-state index in [1.807, 2.05) is 13.0 Å². The molecule has 1 amide bonds. The van der Waals surface area contributed by atoms with Gasteiger partial charge in [0.1, 0.15) is 0 Å². The van der Waals surface area contributed by atoms with Crippen LogP contribution in [0.3, 0.4) is 0 Å². The first kappa shape index (κ1) is 15.2. The Hall–Kier alpha value is -1.71. The molecule has 0 spiro atoms. The highest BCUT2D eigenvalue weighted by atomic mass is 19.3. The Bertz CT molecular complexity index is 634. The number of rotatable bonds is 3. The van der Waals surface area contributed by atoms with Crippen LogP contribution in [0.25, 0.3) is 0 Å². The maximum atomic E-state index is 13.1. The van der Waals surface area contributed by atoms with Crippen molar-refractivity contribution in [2.45, 2.75) is 45.5 Å². The van der Waals surface area contributed by atoms with Gasteiger partial charge in [0.2, 0.25) is 5.91 Å². The highest BCUT2D eigenvalue weighted by Gasteiger charge is 2.47. The molecular formula is C18H21F2NO. The Morgan fingerprint density at radius 3 is 2.68 bits per heavy atom. The molecule has 1 N–H and O–H groups in total. The van der Waals surface area contributed by atoms with Crippen LogP contribution in [0, 0.1) is 5.41 Å². The van der Waals surface area contributed by atoms with Gasteiger partial charge >= 0.3 is 0 Å². The first-order valence-electron chi connectivity index (χ1n) is 7.81. The monoisotopic (exact) mass is 305 g/mol. The molecule has 118 valence electrons. The van der Waals surface area contributed by atoms with E-state index in [1.54, 1.807) is 0 Å². The van der Waals surface area contributed by atoms with Gasteiger partial charge in [-0.2, -0.15) is 0 Å². The predicted molar refractivity (Wildman–Crippen MR) is 82.5 cm³/mol. The van der Waals surface area contributed by atoms with Gasteiger partial charge in [-0.25, -0.2) is 8.78 Å². The Balaban J connectivity index is 1.98. The fourth-order valence-corrected chi connectivity index (χ4v) is 3.71. The van der Waals surface area contributed by atoms with Crippen molar-refractivity contribution >= 4 is 5.91 Å². The zero-order chi connectivity index (χ0) is 16.0. The highest BCUT2D eigenvalue weighted by molar-refractivity contribution is 5.93. The second kappa shape index (κ2) is 5.18. The zero-order valence-electron chi connectivity index (χ0n) is 13.0. The van der Waals surface area contributed by atoms with Crippen LogP contribution in [0.2, 0.25) is 0 Å². The fraction of sp³-hybridized carbons (Fsp3) is 0.500. The standard InChI is InChI=1S/C18H21F2NO/c1-17(19,20)11-21-16(22)18(2)14-9-5-3-7-12(14)13-8-4-6-10-15(13)18/h3,6-7,10H,4-5,8-9,11H2,1-2H3,(H,21,22). The minimum absolute atomic E-state index is 0.312. The lowest BCUT2D eigenvalue weighted by molar-refractivity contribution is -0.128. The number of hydrogen-bond acceptors (Lipinski definition) is 1. The van der Waals surface area contributed by atoms with Crippen LogP contribution in [0.5, 0.6) is 0 Å². The summed E-state index contributed by atoms with van der Waals surface area (Å²) in [5, 5.41) is 2.46. The Kier molecular flexibility index (Phi) is 3.58. The number of nitrogens with one attached hydrogen (secondary N) is 1. The van der Waals surface area contributed by atoms with Crippen molar-refractivity contribution < 1.29 is 13.6 Å². The van der Waals surface area contributed by atoms with Crippen molar-refractivity contribution in [1.29, 1.82) is 0 Å². The summed E-state index contributed by atoms with van der Waals surface area (Å²) in [6, 6.07) is 0. The number of carbonyl (C=O) groups is 1. The number of halogens is 2. The molecule has 3 aliphatic carbocycles. The Morgan fingerprint density at radius 2 is 1.95 bits per heavy atom. The van der Waals surface area contributed by atoms with Crippen molar-refractivity contribution in [3.63, 3.8) is 0 Å². The summed E-state index contributed by atoms with van der Waals surface area (Å²) >= 11 is 0. The number of allylic oxidation sites excluding steroid dienone is 6. The Labute approximate surface area is 129 Å². The van der Waals surface area contributed by atoms with Gasteiger partial charge in [-0.05, 0) is 54.9 Å². The second-order valence-corrected chi connectivity index (χ2v) is 6.54. The lowest BCUT2D eigenvalue weighted by atomic mass is 9.74. The van der Waals surface area contributed by atoms with Gasteiger partial charge in [0, 0.05) is 6.92 Å². The molecule has 0 radical (unpaired) electrons. The molecule has 4 heteroatoms. The third kappa shape index (κ3) is 2.34. The largest absolute Gasteiger partial charge is 0.349 e. The molecule has 3 aliphatic rings. The molecule has 3 rings (SSSR count). The second-order valence-electron chi connectivity index (χ2n) is 6.54. The molecule has 1 unspecified atom stereocenters. The van der Waals surface area contributed by atoms with Crippen LogP contribution in [0.4, 0.5) is 8.78 Å². The molecule has 0 aromatic rings. The van der Waals surface area contributed by atoms with Gasteiger partial charge < -0.3 is 5.32 Å². The maximum absolute atomic E-state index is 13.1. The fourth-order valence-electron chi connectivity index (χ4n) is 3.71. The van der Waals surface area contributed by atoms with Gasteiger partial charge in [-0.3, -0.25) is 4.79 Å². The summed E-state index contributed by atoms with van der Waals surface area (Å²) in [7, 11) is 0. The molecule has 0 heterocycles. The van der Waals surface area contributed by atoms with E-state index in [4.69, 9.17) is 0 Å². The van der Waals surface area contributed by atoms with Crippen molar-refractivity contribution in [3.05, 3.63) is 46.6 Å². The number of hydrogen-bond donors (Lipinski definition) is 1. The summed E-state index contributed by atoms with van der Waals surface area (Å²) in [6.45, 7) is 2.08. The molecule has 0 saturated carbocycles. The van der Waals surface area contributed by atoms with Gasteiger partial charge in [0.05, 0.1) is 12.0 Å². The Morgan fingerprint density at radius 1 is 1.27 bits per heavy atom. The molecule has 1 atom stereocenters. The number of alkyl halides is 2. The van der Waals surface area contributed by atoms with Crippen molar-refractivity contribution in [2.24, 2.45) is 5.41 Å². The molecule has 2 nitrogen and oxygen atoms in total. The minimum Gasteiger partial charge on any atom is -0.349 e.